The predicted octanol–water partition coefficient (Wildman–Crippen LogP) is 1.04. The Balaban J connectivity index is 1.80. The second-order valence-electron chi connectivity index (χ2n) is 3.85. The van der Waals surface area contributed by atoms with Gasteiger partial charge in [-0.3, -0.25) is 15.2 Å². The lowest BCUT2D eigenvalue weighted by Gasteiger charge is -2.04. The van der Waals surface area contributed by atoms with Crippen molar-refractivity contribution in [2.75, 3.05) is 6.61 Å². The normalized spacial score (nSPS) is 10.4. The van der Waals surface area contributed by atoms with Crippen LogP contribution < -0.4 is 11.3 Å². The molecule has 0 fully saturated rings. The van der Waals surface area contributed by atoms with E-state index in [4.69, 9.17) is 15.0 Å². The van der Waals surface area contributed by atoms with Gasteiger partial charge in [0.05, 0.1) is 18.4 Å². The Labute approximate surface area is 110 Å². The van der Waals surface area contributed by atoms with Crippen LogP contribution in [0.15, 0.2) is 41.1 Å². The molecule has 0 atom stereocenters. The number of aromatic nitrogens is 1. The van der Waals surface area contributed by atoms with Crippen LogP contribution >= 0.6 is 0 Å². The van der Waals surface area contributed by atoms with Crippen molar-refractivity contribution in [1.82, 2.24) is 10.4 Å². The van der Waals surface area contributed by atoms with Gasteiger partial charge in [0.15, 0.2) is 0 Å². The van der Waals surface area contributed by atoms with E-state index in [-0.39, 0.29) is 6.61 Å². The summed E-state index contributed by atoms with van der Waals surface area (Å²) in [6.07, 6.45) is 3.88. The molecule has 3 N–H and O–H groups in total. The summed E-state index contributed by atoms with van der Waals surface area (Å²) in [6.45, 7) is 0.726. The Bertz CT molecular complexity index is 525. The number of furan rings is 1. The van der Waals surface area contributed by atoms with Gasteiger partial charge in [-0.2, -0.15) is 0 Å². The maximum atomic E-state index is 11.4. The van der Waals surface area contributed by atoms with Gasteiger partial charge >= 0.3 is 0 Å². The molecule has 6 heteroatoms. The molecule has 2 aromatic heterocycles. The summed E-state index contributed by atoms with van der Waals surface area (Å²) in [6, 6.07) is 7.28. The molecular formula is C13H15N3O3. The highest BCUT2D eigenvalue weighted by molar-refractivity contribution is 5.94. The summed E-state index contributed by atoms with van der Waals surface area (Å²) in [5.41, 5.74) is 3.41. The van der Waals surface area contributed by atoms with Crippen LogP contribution in [0.5, 0.6) is 0 Å². The Hall–Kier alpha value is -2.18. The number of nitrogens with one attached hydrogen (secondary N) is 1. The number of hydrogen-bond donors (Lipinski definition) is 2. The third kappa shape index (κ3) is 3.64. The number of carbonyl (C=O) groups is 1. The molecule has 0 bridgehead atoms. The maximum Gasteiger partial charge on any atom is 0.268 e. The van der Waals surface area contributed by atoms with Gasteiger partial charge in [-0.05, 0) is 18.2 Å². The number of carbonyl (C=O) groups excluding carboxylic acids is 1. The Kier molecular flexibility index (Phi) is 4.66. The molecule has 2 heterocycles. The quantitative estimate of drug-likeness (QED) is 0.351. The highest BCUT2D eigenvalue weighted by Crippen LogP contribution is 2.11. The minimum atomic E-state index is -0.392. The monoisotopic (exact) mass is 261 g/mol. The molecule has 0 saturated carbocycles. The van der Waals surface area contributed by atoms with E-state index in [1.165, 1.54) is 6.26 Å². The van der Waals surface area contributed by atoms with Crippen molar-refractivity contribution >= 4 is 5.91 Å². The van der Waals surface area contributed by atoms with E-state index in [9.17, 15) is 4.79 Å². The summed E-state index contributed by atoms with van der Waals surface area (Å²) in [4.78, 5) is 15.6. The summed E-state index contributed by atoms with van der Waals surface area (Å²) in [7, 11) is 0. The first-order valence-corrected chi connectivity index (χ1v) is 5.86. The lowest BCUT2D eigenvalue weighted by molar-refractivity contribution is 0.0921. The molecule has 0 aliphatic heterocycles. The van der Waals surface area contributed by atoms with Crippen LogP contribution in [0.2, 0.25) is 0 Å². The summed E-state index contributed by atoms with van der Waals surface area (Å²) < 4.78 is 10.6. The summed E-state index contributed by atoms with van der Waals surface area (Å²) in [5, 5.41) is 0. The zero-order valence-electron chi connectivity index (χ0n) is 10.3. The predicted molar refractivity (Wildman–Crippen MR) is 68.0 cm³/mol. The van der Waals surface area contributed by atoms with Crippen molar-refractivity contribution in [3.8, 4) is 0 Å². The Morgan fingerprint density at radius 3 is 3.05 bits per heavy atom. The van der Waals surface area contributed by atoms with Crippen molar-refractivity contribution in [2.45, 2.75) is 13.0 Å². The van der Waals surface area contributed by atoms with Gasteiger partial charge in [-0.25, -0.2) is 5.84 Å². The molecule has 0 aliphatic carbocycles. The molecule has 0 radical (unpaired) electrons. The van der Waals surface area contributed by atoms with Gasteiger partial charge in [-0.15, -0.1) is 0 Å². The van der Waals surface area contributed by atoms with Crippen LogP contribution in [0.4, 0.5) is 0 Å². The van der Waals surface area contributed by atoms with E-state index in [1.54, 1.807) is 12.3 Å². The van der Waals surface area contributed by atoms with Crippen molar-refractivity contribution in [2.24, 2.45) is 5.84 Å². The standard InChI is InChI=1S/C13H15N3O3/c14-16-13(17)11-5-8-19-12(11)9-18-7-4-10-3-1-2-6-15-10/h1-3,5-6,8H,4,7,9,14H2,(H,16,17). The summed E-state index contributed by atoms with van der Waals surface area (Å²) in [5.74, 6) is 5.14. The molecule has 0 saturated heterocycles. The fourth-order valence-electron chi connectivity index (χ4n) is 1.62. The minimum absolute atomic E-state index is 0.225. The van der Waals surface area contributed by atoms with E-state index in [2.05, 4.69) is 10.4 Å². The van der Waals surface area contributed by atoms with Gasteiger partial charge < -0.3 is 9.15 Å². The number of hydrogen-bond acceptors (Lipinski definition) is 5. The van der Waals surface area contributed by atoms with Crippen LogP contribution in [0.1, 0.15) is 21.8 Å². The van der Waals surface area contributed by atoms with Crippen LogP contribution in [-0.4, -0.2) is 17.5 Å². The second kappa shape index (κ2) is 6.67. The zero-order chi connectivity index (χ0) is 13.5. The van der Waals surface area contributed by atoms with Gasteiger partial charge in [0.2, 0.25) is 0 Å². The van der Waals surface area contributed by atoms with E-state index < -0.39 is 5.91 Å². The number of nitrogen functional groups attached to an aromatic ring is 1. The first-order valence-electron chi connectivity index (χ1n) is 5.86. The number of pyridine rings is 1. The smallest absolute Gasteiger partial charge is 0.268 e. The molecule has 0 aromatic carbocycles. The van der Waals surface area contributed by atoms with Crippen LogP contribution in [-0.2, 0) is 17.8 Å². The van der Waals surface area contributed by atoms with Crippen molar-refractivity contribution in [3.63, 3.8) is 0 Å². The van der Waals surface area contributed by atoms with E-state index >= 15 is 0 Å². The van der Waals surface area contributed by atoms with Crippen molar-refractivity contribution < 1.29 is 13.9 Å². The Morgan fingerprint density at radius 1 is 1.42 bits per heavy atom. The molecule has 2 aromatic rings. The van der Waals surface area contributed by atoms with Crippen LogP contribution in [0.3, 0.4) is 0 Å². The average Bonchev–Trinajstić information content (AvgIpc) is 2.92. The largest absolute Gasteiger partial charge is 0.466 e. The molecule has 6 nitrogen and oxygen atoms in total. The first-order chi connectivity index (χ1) is 9.31. The maximum absolute atomic E-state index is 11.4. The average molecular weight is 261 g/mol. The molecular weight excluding hydrogens is 246 g/mol. The molecule has 0 spiro atoms. The number of rotatable bonds is 6. The molecule has 100 valence electrons. The van der Waals surface area contributed by atoms with Gasteiger partial charge in [-0.1, -0.05) is 6.07 Å². The second-order valence-corrected chi connectivity index (χ2v) is 3.85. The fraction of sp³-hybridized carbons (Fsp3) is 0.231. The van der Waals surface area contributed by atoms with Crippen molar-refractivity contribution in [1.29, 1.82) is 0 Å². The zero-order valence-corrected chi connectivity index (χ0v) is 10.3. The number of amides is 1. The van der Waals surface area contributed by atoms with Crippen LogP contribution in [0.25, 0.3) is 0 Å². The lowest BCUT2D eigenvalue weighted by Crippen LogP contribution is -2.30. The highest BCUT2D eigenvalue weighted by atomic mass is 16.5. The molecule has 19 heavy (non-hydrogen) atoms. The fourth-order valence-corrected chi connectivity index (χ4v) is 1.62. The molecule has 2 rings (SSSR count). The molecule has 0 aliphatic rings. The third-order valence-electron chi connectivity index (χ3n) is 2.58. The van der Waals surface area contributed by atoms with Gasteiger partial charge in [0.1, 0.15) is 12.4 Å². The lowest BCUT2D eigenvalue weighted by atomic mass is 10.2. The topological polar surface area (TPSA) is 90.4 Å². The first kappa shape index (κ1) is 13.3. The van der Waals surface area contributed by atoms with E-state index in [1.807, 2.05) is 18.2 Å². The molecule has 1 amide bonds. The SMILES string of the molecule is NNC(=O)c1ccoc1COCCc1ccccn1. The van der Waals surface area contributed by atoms with Crippen LogP contribution in [0, 0.1) is 0 Å². The number of hydrazine groups is 1. The van der Waals surface area contributed by atoms with Crippen molar-refractivity contribution in [3.05, 3.63) is 53.7 Å². The number of ether oxygens (including phenoxy) is 1. The number of nitrogens with zero attached hydrogens (tertiary/aromatic N) is 1. The van der Waals surface area contributed by atoms with Gasteiger partial charge in [0.25, 0.3) is 5.91 Å². The van der Waals surface area contributed by atoms with E-state index in [0.29, 0.717) is 24.4 Å². The molecule has 0 unspecified atom stereocenters. The van der Waals surface area contributed by atoms with Gasteiger partial charge in [0, 0.05) is 18.3 Å². The minimum Gasteiger partial charge on any atom is -0.466 e. The third-order valence-corrected chi connectivity index (χ3v) is 2.58. The highest BCUT2D eigenvalue weighted by Gasteiger charge is 2.13. The summed E-state index contributed by atoms with van der Waals surface area (Å²) >= 11 is 0. The Morgan fingerprint density at radius 2 is 2.32 bits per heavy atom. The number of nitrogens with two attached hydrogens (primary N) is 1. The van der Waals surface area contributed by atoms with E-state index in [0.717, 1.165) is 5.69 Å².